The summed E-state index contributed by atoms with van der Waals surface area (Å²) in [5.74, 6) is 0.520. The summed E-state index contributed by atoms with van der Waals surface area (Å²) >= 11 is 0. The Kier molecular flexibility index (Phi) is 6.33. The molecule has 1 heterocycles. The molecule has 1 fully saturated rings. The lowest BCUT2D eigenvalue weighted by Gasteiger charge is -2.38. The minimum absolute atomic E-state index is 0.116. The standard InChI is InChI=1S/C21H24N2O6/c1-27-17-6-4-16(5-7-17)21(9-11-29-12-10-21)14-22-20(24)15-3-8-19(28-2)18(13-15)23(25)26/h3-8,13H,9-12,14H2,1-2H3,(H,22,24). The average Bonchev–Trinajstić information content (AvgIpc) is 2.77. The van der Waals surface area contributed by atoms with Crippen molar-refractivity contribution in [3.8, 4) is 11.5 Å². The van der Waals surface area contributed by atoms with Crippen LogP contribution in [0.4, 0.5) is 5.69 Å². The van der Waals surface area contributed by atoms with Gasteiger partial charge >= 0.3 is 5.69 Å². The number of carbonyl (C=O) groups is 1. The highest BCUT2D eigenvalue weighted by molar-refractivity contribution is 5.95. The average molecular weight is 400 g/mol. The van der Waals surface area contributed by atoms with Crippen LogP contribution in [0.3, 0.4) is 0 Å². The molecule has 3 rings (SSSR count). The molecular weight excluding hydrogens is 376 g/mol. The molecule has 1 N–H and O–H groups in total. The molecule has 0 radical (unpaired) electrons. The monoisotopic (exact) mass is 400 g/mol. The van der Waals surface area contributed by atoms with Gasteiger partial charge in [-0.25, -0.2) is 0 Å². The summed E-state index contributed by atoms with van der Waals surface area (Å²) in [5, 5.41) is 14.2. The quantitative estimate of drug-likeness (QED) is 0.566. The first-order chi connectivity index (χ1) is 14.0. The number of carbonyl (C=O) groups excluding carboxylic acids is 1. The third kappa shape index (κ3) is 4.48. The van der Waals surface area contributed by atoms with Crippen LogP contribution in [0.1, 0.15) is 28.8 Å². The van der Waals surface area contributed by atoms with E-state index in [2.05, 4.69) is 5.32 Å². The number of hydrogen-bond acceptors (Lipinski definition) is 6. The number of rotatable bonds is 7. The molecule has 0 bridgehead atoms. The first kappa shape index (κ1) is 20.6. The van der Waals surface area contributed by atoms with Crippen molar-refractivity contribution < 1.29 is 23.9 Å². The normalized spacial score (nSPS) is 15.4. The van der Waals surface area contributed by atoms with Crippen LogP contribution >= 0.6 is 0 Å². The first-order valence-corrected chi connectivity index (χ1v) is 9.32. The molecule has 0 aliphatic carbocycles. The summed E-state index contributed by atoms with van der Waals surface area (Å²) in [5.41, 5.74) is 0.812. The second-order valence-electron chi connectivity index (χ2n) is 6.95. The van der Waals surface area contributed by atoms with E-state index in [0.29, 0.717) is 19.8 Å². The summed E-state index contributed by atoms with van der Waals surface area (Å²) in [6, 6.07) is 12.0. The molecule has 8 heteroatoms. The van der Waals surface area contributed by atoms with Crippen molar-refractivity contribution in [2.75, 3.05) is 34.0 Å². The van der Waals surface area contributed by atoms with Crippen molar-refractivity contribution in [3.63, 3.8) is 0 Å². The largest absolute Gasteiger partial charge is 0.497 e. The fourth-order valence-corrected chi connectivity index (χ4v) is 3.60. The lowest BCUT2D eigenvalue weighted by Crippen LogP contribution is -2.44. The Morgan fingerprint density at radius 3 is 2.41 bits per heavy atom. The van der Waals surface area contributed by atoms with Crippen LogP contribution in [0.5, 0.6) is 11.5 Å². The number of nitro benzene ring substituents is 1. The molecule has 154 valence electrons. The maximum atomic E-state index is 12.7. The van der Waals surface area contributed by atoms with Crippen molar-refractivity contribution in [2.24, 2.45) is 0 Å². The molecule has 0 unspecified atom stereocenters. The summed E-state index contributed by atoms with van der Waals surface area (Å²) < 4.78 is 15.8. The van der Waals surface area contributed by atoms with E-state index in [1.165, 1.54) is 25.3 Å². The lowest BCUT2D eigenvalue weighted by molar-refractivity contribution is -0.385. The molecule has 1 saturated heterocycles. The van der Waals surface area contributed by atoms with Crippen LogP contribution in [-0.2, 0) is 10.2 Å². The topological polar surface area (TPSA) is 99.9 Å². The molecule has 0 saturated carbocycles. The number of nitro groups is 1. The number of ether oxygens (including phenoxy) is 3. The first-order valence-electron chi connectivity index (χ1n) is 9.32. The highest BCUT2D eigenvalue weighted by Gasteiger charge is 2.35. The highest BCUT2D eigenvalue weighted by atomic mass is 16.6. The van der Waals surface area contributed by atoms with Gasteiger partial charge in [-0.05, 0) is 42.7 Å². The molecule has 8 nitrogen and oxygen atoms in total. The third-order valence-electron chi connectivity index (χ3n) is 5.38. The van der Waals surface area contributed by atoms with E-state index in [1.54, 1.807) is 7.11 Å². The van der Waals surface area contributed by atoms with E-state index in [-0.39, 0.29) is 28.3 Å². The minimum atomic E-state index is -0.563. The molecule has 0 spiro atoms. The lowest BCUT2D eigenvalue weighted by atomic mass is 9.74. The second kappa shape index (κ2) is 8.91. The van der Waals surface area contributed by atoms with Crippen molar-refractivity contribution in [3.05, 3.63) is 63.7 Å². The Balaban J connectivity index is 1.80. The van der Waals surface area contributed by atoms with Crippen molar-refractivity contribution in [1.82, 2.24) is 5.32 Å². The Morgan fingerprint density at radius 2 is 1.83 bits per heavy atom. The molecule has 2 aromatic carbocycles. The van der Waals surface area contributed by atoms with Gasteiger partial charge in [0.2, 0.25) is 0 Å². The summed E-state index contributed by atoms with van der Waals surface area (Å²) in [4.78, 5) is 23.4. The Morgan fingerprint density at radius 1 is 1.14 bits per heavy atom. The Labute approximate surface area is 168 Å². The Bertz CT molecular complexity index is 875. The van der Waals surface area contributed by atoms with Crippen LogP contribution < -0.4 is 14.8 Å². The van der Waals surface area contributed by atoms with Crippen molar-refractivity contribution in [2.45, 2.75) is 18.3 Å². The van der Waals surface area contributed by atoms with E-state index < -0.39 is 4.92 Å². The fourth-order valence-electron chi connectivity index (χ4n) is 3.60. The number of nitrogens with one attached hydrogen (secondary N) is 1. The molecule has 0 aromatic heterocycles. The van der Waals surface area contributed by atoms with E-state index in [0.717, 1.165) is 24.2 Å². The summed E-state index contributed by atoms with van der Waals surface area (Å²) in [6.45, 7) is 1.62. The van der Waals surface area contributed by atoms with E-state index >= 15 is 0 Å². The van der Waals surface area contributed by atoms with Gasteiger partial charge in [0.1, 0.15) is 5.75 Å². The van der Waals surface area contributed by atoms with Crippen LogP contribution in [0.25, 0.3) is 0 Å². The van der Waals surface area contributed by atoms with Gasteiger partial charge in [0.05, 0.1) is 19.1 Å². The number of benzene rings is 2. The van der Waals surface area contributed by atoms with Crippen molar-refractivity contribution in [1.29, 1.82) is 0 Å². The summed E-state index contributed by atoms with van der Waals surface area (Å²) in [6.07, 6.45) is 1.53. The molecule has 0 atom stereocenters. The van der Waals surface area contributed by atoms with Gasteiger partial charge < -0.3 is 19.5 Å². The zero-order valence-electron chi connectivity index (χ0n) is 16.5. The van der Waals surface area contributed by atoms with E-state index in [9.17, 15) is 14.9 Å². The number of methoxy groups -OCH3 is 2. The maximum absolute atomic E-state index is 12.7. The molecule has 1 aliphatic rings. The zero-order chi connectivity index (χ0) is 20.9. The van der Waals surface area contributed by atoms with Gasteiger partial charge in [-0.2, -0.15) is 0 Å². The molecule has 1 aliphatic heterocycles. The van der Waals surface area contributed by atoms with Crippen LogP contribution in [0.15, 0.2) is 42.5 Å². The predicted octanol–water partition coefficient (Wildman–Crippen LogP) is 3.09. The third-order valence-corrected chi connectivity index (χ3v) is 5.38. The fraction of sp³-hybridized carbons (Fsp3) is 0.381. The molecule has 1 amide bonds. The van der Waals surface area contributed by atoms with Crippen LogP contribution in [0, 0.1) is 10.1 Å². The van der Waals surface area contributed by atoms with Gasteiger partial charge in [0.15, 0.2) is 5.75 Å². The number of nitrogens with zero attached hydrogens (tertiary/aromatic N) is 1. The molecule has 2 aromatic rings. The van der Waals surface area contributed by atoms with E-state index in [4.69, 9.17) is 14.2 Å². The van der Waals surface area contributed by atoms with Gasteiger partial charge in [0.25, 0.3) is 5.91 Å². The van der Waals surface area contributed by atoms with Crippen LogP contribution in [0.2, 0.25) is 0 Å². The van der Waals surface area contributed by atoms with Gasteiger partial charge in [-0.3, -0.25) is 14.9 Å². The number of amides is 1. The van der Waals surface area contributed by atoms with Crippen LogP contribution in [-0.4, -0.2) is 44.8 Å². The smallest absolute Gasteiger partial charge is 0.311 e. The maximum Gasteiger partial charge on any atom is 0.311 e. The van der Waals surface area contributed by atoms with Crippen molar-refractivity contribution >= 4 is 11.6 Å². The van der Waals surface area contributed by atoms with E-state index in [1.807, 2.05) is 24.3 Å². The van der Waals surface area contributed by atoms with Gasteiger partial charge in [0, 0.05) is 36.8 Å². The van der Waals surface area contributed by atoms with Gasteiger partial charge in [-0.15, -0.1) is 0 Å². The second-order valence-corrected chi connectivity index (χ2v) is 6.95. The molecule has 29 heavy (non-hydrogen) atoms. The summed E-state index contributed by atoms with van der Waals surface area (Å²) in [7, 11) is 2.97. The SMILES string of the molecule is COc1ccc(C2(CNC(=O)c3ccc(OC)c([N+](=O)[O-])c3)CCOCC2)cc1. The van der Waals surface area contributed by atoms with Gasteiger partial charge in [-0.1, -0.05) is 12.1 Å². The highest BCUT2D eigenvalue weighted by Crippen LogP contribution is 2.35. The number of hydrogen-bond donors (Lipinski definition) is 1. The Hall–Kier alpha value is -3.13. The predicted molar refractivity (Wildman–Crippen MR) is 107 cm³/mol. The zero-order valence-corrected chi connectivity index (χ0v) is 16.5. The molecular formula is C21H24N2O6. The minimum Gasteiger partial charge on any atom is -0.497 e.